The Hall–Kier alpha value is -1.60. The number of allylic oxidation sites excluding steroid dienone is 1. The minimum absolute atomic E-state index is 0.0108. The van der Waals surface area contributed by atoms with E-state index >= 15 is 0 Å². The Morgan fingerprint density at radius 3 is 2.40 bits per heavy atom. The second kappa shape index (κ2) is 14.7. The fourth-order valence-corrected chi connectivity index (χ4v) is 10.3. The van der Waals surface area contributed by atoms with Crippen LogP contribution in [-0.4, -0.2) is 56.2 Å². The predicted octanol–water partition coefficient (Wildman–Crippen LogP) is 8.02. The first kappa shape index (κ1) is 34.3. The molecule has 0 radical (unpaired) electrons. The van der Waals surface area contributed by atoms with Crippen LogP contribution in [0.25, 0.3) is 0 Å². The number of rotatable bonds is 15. The van der Waals surface area contributed by atoms with Crippen molar-refractivity contribution >= 4 is 12.1 Å². The van der Waals surface area contributed by atoms with Gasteiger partial charge in [0.25, 0.3) is 0 Å². The number of hydrogen-bond donors (Lipinski definition) is 2. The van der Waals surface area contributed by atoms with Gasteiger partial charge < -0.3 is 24.6 Å². The molecule has 8 atom stereocenters. The Labute approximate surface area is 261 Å². The summed E-state index contributed by atoms with van der Waals surface area (Å²) in [6.45, 7) is 16.7. The third kappa shape index (κ3) is 7.80. The van der Waals surface area contributed by atoms with Crippen molar-refractivity contribution in [2.24, 2.45) is 45.8 Å². The van der Waals surface area contributed by atoms with Crippen LogP contribution in [0.15, 0.2) is 11.6 Å². The molecule has 7 heteroatoms. The highest BCUT2D eigenvalue weighted by atomic mass is 16.6. The molecule has 3 fully saturated rings. The first-order chi connectivity index (χ1) is 20.4. The number of nitrogens with one attached hydrogen (secondary N) is 1. The molecule has 7 nitrogen and oxygen atoms in total. The fourth-order valence-electron chi connectivity index (χ4n) is 10.3. The van der Waals surface area contributed by atoms with Crippen LogP contribution in [0.5, 0.6) is 0 Å². The molecular formula is C36H61NO6. The maximum atomic E-state index is 12.5. The normalized spacial score (nSPS) is 35.8. The van der Waals surface area contributed by atoms with Crippen LogP contribution in [-0.2, 0) is 19.0 Å². The number of carboxylic acid groups (broad SMARTS) is 1. The quantitative estimate of drug-likeness (QED) is 0.145. The monoisotopic (exact) mass is 603 g/mol. The molecule has 0 spiro atoms. The van der Waals surface area contributed by atoms with Gasteiger partial charge in [0, 0.05) is 13.0 Å². The summed E-state index contributed by atoms with van der Waals surface area (Å²) in [6.07, 6.45) is 15.8. The van der Waals surface area contributed by atoms with Crippen molar-refractivity contribution in [3.63, 3.8) is 0 Å². The summed E-state index contributed by atoms with van der Waals surface area (Å²) in [5.74, 6) is 3.15. The van der Waals surface area contributed by atoms with Crippen LogP contribution in [0.3, 0.4) is 0 Å². The molecule has 246 valence electrons. The van der Waals surface area contributed by atoms with E-state index in [9.17, 15) is 9.59 Å². The Morgan fingerprint density at radius 2 is 1.67 bits per heavy atom. The van der Waals surface area contributed by atoms with Crippen LogP contribution in [0.2, 0.25) is 0 Å². The summed E-state index contributed by atoms with van der Waals surface area (Å²) in [4.78, 5) is 23.0. The summed E-state index contributed by atoms with van der Waals surface area (Å²) in [7, 11) is 0. The molecule has 4 rings (SSSR count). The zero-order valence-corrected chi connectivity index (χ0v) is 28.1. The predicted molar refractivity (Wildman–Crippen MR) is 170 cm³/mol. The summed E-state index contributed by atoms with van der Waals surface area (Å²) >= 11 is 0. The average Bonchev–Trinajstić information content (AvgIpc) is 3.30. The van der Waals surface area contributed by atoms with Gasteiger partial charge in [-0.25, -0.2) is 4.79 Å². The number of amides is 1. The highest BCUT2D eigenvalue weighted by Gasteiger charge is 2.64. The van der Waals surface area contributed by atoms with Gasteiger partial charge in [0.15, 0.2) is 0 Å². The SMILES string of the molecule is CC(C)CCC[C@@H](C)[C@H]1CC[C@H]2C3(C)CC=C4C[C@@H](OC(=O)NCCOCCOCCC(=O)O)CC[C@]4(C)C3CC[C@]12C. The molecule has 4 aliphatic rings. The smallest absolute Gasteiger partial charge is 0.407 e. The van der Waals surface area contributed by atoms with Crippen molar-refractivity contribution in [3.05, 3.63) is 11.6 Å². The van der Waals surface area contributed by atoms with Gasteiger partial charge in [-0.15, -0.1) is 0 Å². The van der Waals surface area contributed by atoms with E-state index in [-0.39, 0.29) is 30.6 Å². The van der Waals surface area contributed by atoms with E-state index in [4.69, 9.17) is 19.3 Å². The summed E-state index contributed by atoms with van der Waals surface area (Å²) in [5, 5.41) is 11.4. The largest absolute Gasteiger partial charge is 0.481 e. The van der Waals surface area contributed by atoms with Crippen LogP contribution in [0.4, 0.5) is 4.79 Å². The lowest BCUT2D eigenvalue weighted by Gasteiger charge is -2.63. The van der Waals surface area contributed by atoms with E-state index in [0.717, 1.165) is 42.9 Å². The molecule has 2 unspecified atom stereocenters. The van der Waals surface area contributed by atoms with Gasteiger partial charge in [0.05, 0.1) is 32.8 Å². The van der Waals surface area contributed by atoms with Gasteiger partial charge in [0.2, 0.25) is 0 Å². The molecule has 1 amide bonds. The summed E-state index contributed by atoms with van der Waals surface area (Å²) in [6, 6.07) is 0. The van der Waals surface area contributed by atoms with Crippen molar-refractivity contribution in [1.29, 1.82) is 0 Å². The molecule has 0 aromatic carbocycles. The Bertz CT molecular complexity index is 981. The van der Waals surface area contributed by atoms with E-state index in [1.165, 1.54) is 56.9 Å². The Balaban J connectivity index is 1.26. The van der Waals surface area contributed by atoms with Crippen molar-refractivity contribution < 1.29 is 28.9 Å². The lowest BCUT2D eigenvalue weighted by atomic mass is 9.41. The molecule has 0 aliphatic heterocycles. The zero-order valence-electron chi connectivity index (χ0n) is 28.1. The number of carbonyl (C=O) groups excluding carboxylic acids is 1. The van der Waals surface area contributed by atoms with Crippen molar-refractivity contribution in [3.8, 4) is 0 Å². The molecule has 0 aromatic rings. The fraction of sp³-hybridized carbons (Fsp3) is 0.889. The molecule has 4 aliphatic carbocycles. The van der Waals surface area contributed by atoms with Gasteiger partial charge in [-0.3, -0.25) is 4.79 Å². The van der Waals surface area contributed by atoms with Crippen LogP contribution >= 0.6 is 0 Å². The lowest BCUT2D eigenvalue weighted by Crippen LogP contribution is -2.56. The highest BCUT2D eigenvalue weighted by molar-refractivity contribution is 5.67. The van der Waals surface area contributed by atoms with Gasteiger partial charge in [-0.05, 0) is 90.8 Å². The third-order valence-corrected chi connectivity index (χ3v) is 12.4. The first-order valence-electron chi connectivity index (χ1n) is 17.4. The van der Waals surface area contributed by atoms with Gasteiger partial charge in [-0.1, -0.05) is 72.5 Å². The Kier molecular flexibility index (Phi) is 11.7. The topological polar surface area (TPSA) is 94.1 Å². The van der Waals surface area contributed by atoms with E-state index in [2.05, 4.69) is 52.9 Å². The Morgan fingerprint density at radius 1 is 0.930 bits per heavy atom. The van der Waals surface area contributed by atoms with E-state index in [0.29, 0.717) is 43.1 Å². The minimum Gasteiger partial charge on any atom is -0.481 e. The molecule has 0 bridgehead atoms. The minimum atomic E-state index is -0.874. The number of carboxylic acids is 1. The second-order valence-electron chi connectivity index (χ2n) is 15.6. The van der Waals surface area contributed by atoms with E-state index in [1.807, 2.05) is 0 Å². The maximum Gasteiger partial charge on any atom is 0.407 e. The van der Waals surface area contributed by atoms with Crippen molar-refractivity contribution in [1.82, 2.24) is 5.32 Å². The molecule has 0 aromatic heterocycles. The molecule has 0 heterocycles. The van der Waals surface area contributed by atoms with Gasteiger partial charge in [0.1, 0.15) is 6.10 Å². The first-order valence-corrected chi connectivity index (χ1v) is 17.4. The molecule has 43 heavy (non-hydrogen) atoms. The number of alkyl carbamates (subject to hydrolysis) is 1. The lowest BCUT2D eigenvalue weighted by molar-refractivity contribution is -0.138. The van der Waals surface area contributed by atoms with Crippen molar-refractivity contribution in [2.45, 2.75) is 125 Å². The summed E-state index contributed by atoms with van der Waals surface area (Å²) in [5.41, 5.74) is 2.58. The average molecular weight is 604 g/mol. The standard InChI is InChI=1S/C36H61NO6/c1-25(2)8-7-9-26(3)29-10-11-30-35(29,5)18-14-31-34(4)17-13-28(24-27(34)12-16-36(30,31)6)43-33(40)37-19-21-42-23-22-41-20-15-32(38)39/h12,25-26,28-31H,7-11,13-24H2,1-6H3,(H,37,40)(H,38,39)/t26-,28+,29-,30-,31?,34+,35-,36?/m1/s1. The molecule has 0 saturated heterocycles. The highest BCUT2D eigenvalue weighted by Crippen LogP contribution is 2.72. The summed E-state index contributed by atoms with van der Waals surface area (Å²) < 4.78 is 16.5. The third-order valence-electron chi connectivity index (χ3n) is 12.4. The number of aliphatic carboxylic acids is 1. The molecule has 2 N–H and O–H groups in total. The number of fused-ring (bicyclic) bond motifs is 5. The second-order valence-corrected chi connectivity index (χ2v) is 15.6. The van der Waals surface area contributed by atoms with Crippen molar-refractivity contribution in [2.75, 3.05) is 33.0 Å². The van der Waals surface area contributed by atoms with Crippen LogP contribution < -0.4 is 5.32 Å². The van der Waals surface area contributed by atoms with Crippen LogP contribution in [0, 0.1) is 45.8 Å². The molecule has 3 saturated carbocycles. The number of hydrogen-bond acceptors (Lipinski definition) is 5. The van der Waals surface area contributed by atoms with E-state index < -0.39 is 5.97 Å². The number of ether oxygens (including phenoxy) is 3. The van der Waals surface area contributed by atoms with E-state index in [1.54, 1.807) is 0 Å². The zero-order chi connectivity index (χ0) is 31.3. The van der Waals surface area contributed by atoms with Gasteiger partial charge >= 0.3 is 12.1 Å². The molecular weight excluding hydrogens is 542 g/mol. The maximum absolute atomic E-state index is 12.5. The number of carbonyl (C=O) groups is 2. The van der Waals surface area contributed by atoms with Gasteiger partial charge in [-0.2, -0.15) is 0 Å². The van der Waals surface area contributed by atoms with Crippen LogP contribution in [0.1, 0.15) is 119 Å².